The van der Waals surface area contributed by atoms with Crippen LogP contribution >= 0.6 is 15.6 Å². The van der Waals surface area contributed by atoms with Crippen molar-refractivity contribution in [1.82, 2.24) is 0 Å². The topological polar surface area (TPSA) is 276 Å². The minimum absolute atomic E-state index is 0.0462. The summed E-state index contributed by atoms with van der Waals surface area (Å²) in [6, 6.07) is 0. The Morgan fingerprint density at radius 2 is 1.02 bits per heavy atom. The van der Waals surface area contributed by atoms with Crippen molar-refractivity contribution in [2.45, 2.75) is 223 Å². The van der Waals surface area contributed by atoms with E-state index in [9.17, 15) is 58.9 Å². The number of phosphoric ester groups is 2. The maximum atomic E-state index is 13.0. The van der Waals surface area contributed by atoms with Crippen LogP contribution in [0.4, 0.5) is 0 Å². The third kappa shape index (κ3) is 31.9. The number of allylic oxidation sites excluding steroid dienone is 7. The molecule has 8 N–H and O–H groups in total. The van der Waals surface area contributed by atoms with Crippen LogP contribution in [0, 0.1) is 0 Å². The Morgan fingerprint density at radius 1 is 0.545 bits per heavy atom. The average Bonchev–Trinajstić information content (AvgIpc) is 3.26. The molecule has 1 aliphatic rings. The van der Waals surface area contributed by atoms with E-state index in [4.69, 9.17) is 18.5 Å². The number of carbonyl (C=O) groups is 2. The molecule has 9 atom stereocenters. The summed E-state index contributed by atoms with van der Waals surface area (Å²) >= 11 is 0. The zero-order chi connectivity index (χ0) is 49.1. The number of aliphatic hydroxyl groups excluding tert-OH is 5. The summed E-state index contributed by atoms with van der Waals surface area (Å²) in [7, 11) is -10.7. The van der Waals surface area contributed by atoms with Crippen LogP contribution < -0.4 is 0 Å². The molecule has 0 bridgehead atoms. The summed E-state index contributed by atoms with van der Waals surface area (Å²) in [4.78, 5) is 54.3. The first kappa shape index (κ1) is 61.9. The number of rotatable bonds is 40. The third-order valence-corrected chi connectivity index (χ3v) is 12.5. The number of hydrogen-bond donors (Lipinski definition) is 8. The predicted octanol–water partition coefficient (Wildman–Crippen LogP) is 8.26. The van der Waals surface area contributed by atoms with Crippen LogP contribution in [0.1, 0.15) is 174 Å². The Labute approximate surface area is 393 Å². The molecule has 1 aliphatic carbocycles. The standard InChI is InChI=1S/C47H84O17P2/c1-3-5-6-7-8-9-10-11-12-15-18-21-24-27-30-34-40(49)60-36-39(37-61-66(58,59)64-47-44(53)42(51)43(52)46(45(47)54)63-65(55,56)57)62-41(50)35-31-28-25-22-19-16-13-14-17-20-23-26-29-33-38(48)32-4-2/h13,16-17,20,22,25-26,29,38-39,42-48,51-54H,3-12,14-15,18-19,21,23-24,27-28,30-37H2,1-2H3,(H,58,59)(H2,55,56,57)/b16-13-,20-17-,25-22-,29-26-/t38?,39-,42?,43?,44?,45?,46-,47+/m1/s1. The second-order valence-corrected chi connectivity index (χ2v) is 19.6. The van der Waals surface area contributed by atoms with Gasteiger partial charge in [-0.1, -0.05) is 159 Å². The van der Waals surface area contributed by atoms with Gasteiger partial charge in [-0.2, -0.15) is 0 Å². The molecule has 0 heterocycles. The molecule has 0 spiro atoms. The molecule has 0 radical (unpaired) electrons. The molecule has 0 aromatic heterocycles. The average molecular weight is 983 g/mol. The van der Waals surface area contributed by atoms with E-state index in [0.717, 1.165) is 51.4 Å². The first-order valence-electron chi connectivity index (χ1n) is 24.3. The normalized spacial score (nSPS) is 22.4. The summed E-state index contributed by atoms with van der Waals surface area (Å²) in [5, 5.41) is 51.0. The molecule has 19 heteroatoms. The molecule has 17 nitrogen and oxygen atoms in total. The van der Waals surface area contributed by atoms with Crippen molar-refractivity contribution < 1.29 is 82.0 Å². The van der Waals surface area contributed by atoms with Gasteiger partial charge < -0.3 is 49.7 Å². The maximum Gasteiger partial charge on any atom is 0.472 e. The summed E-state index contributed by atoms with van der Waals surface area (Å²) in [5.41, 5.74) is 0. The summed E-state index contributed by atoms with van der Waals surface area (Å²) in [5.74, 6) is -1.29. The minimum Gasteiger partial charge on any atom is -0.462 e. The highest BCUT2D eigenvalue weighted by atomic mass is 31.2. The summed E-state index contributed by atoms with van der Waals surface area (Å²) in [6.45, 7) is 2.87. The Balaban J connectivity index is 2.63. The Morgan fingerprint density at radius 3 is 1.53 bits per heavy atom. The van der Waals surface area contributed by atoms with E-state index >= 15 is 0 Å². The van der Waals surface area contributed by atoms with Crippen molar-refractivity contribution in [2.75, 3.05) is 13.2 Å². The molecule has 0 saturated heterocycles. The van der Waals surface area contributed by atoms with Gasteiger partial charge in [0.05, 0.1) is 12.7 Å². The first-order valence-corrected chi connectivity index (χ1v) is 27.3. The molecule has 6 unspecified atom stereocenters. The van der Waals surface area contributed by atoms with Crippen LogP contribution in [-0.4, -0.2) is 114 Å². The number of hydrogen-bond acceptors (Lipinski definition) is 14. The van der Waals surface area contributed by atoms with E-state index in [1.807, 2.05) is 43.4 Å². The highest BCUT2D eigenvalue weighted by Crippen LogP contribution is 2.49. The van der Waals surface area contributed by atoms with Gasteiger partial charge >= 0.3 is 27.6 Å². The van der Waals surface area contributed by atoms with Gasteiger partial charge in [-0.05, 0) is 51.4 Å². The second-order valence-electron chi connectivity index (χ2n) is 17.0. The smallest absolute Gasteiger partial charge is 0.462 e. The molecule has 1 fully saturated rings. The van der Waals surface area contributed by atoms with E-state index in [0.29, 0.717) is 32.1 Å². The van der Waals surface area contributed by atoms with Crippen LogP contribution in [-0.2, 0) is 41.8 Å². The van der Waals surface area contributed by atoms with Crippen LogP contribution in [0.5, 0.6) is 0 Å². The fourth-order valence-corrected chi connectivity index (χ4v) is 8.75. The molecule has 1 rings (SSSR count). The van der Waals surface area contributed by atoms with Crippen molar-refractivity contribution in [3.05, 3.63) is 48.6 Å². The molecule has 384 valence electrons. The monoisotopic (exact) mass is 983 g/mol. The van der Waals surface area contributed by atoms with E-state index in [-0.39, 0.29) is 18.9 Å². The van der Waals surface area contributed by atoms with E-state index in [1.165, 1.54) is 64.2 Å². The van der Waals surface area contributed by atoms with Gasteiger partial charge in [0.1, 0.15) is 43.2 Å². The van der Waals surface area contributed by atoms with Gasteiger partial charge in [-0.3, -0.25) is 23.2 Å². The van der Waals surface area contributed by atoms with Crippen LogP contribution in [0.15, 0.2) is 48.6 Å². The largest absolute Gasteiger partial charge is 0.472 e. The number of unbranched alkanes of at least 4 members (excludes halogenated alkanes) is 15. The molecule has 66 heavy (non-hydrogen) atoms. The number of ether oxygens (including phenoxy) is 2. The Hall–Kier alpha value is -2.08. The summed E-state index contributed by atoms with van der Waals surface area (Å²) in [6.07, 6.45) is 24.2. The van der Waals surface area contributed by atoms with Gasteiger partial charge in [-0.15, -0.1) is 0 Å². The van der Waals surface area contributed by atoms with Crippen molar-refractivity contribution >= 4 is 27.6 Å². The summed E-state index contributed by atoms with van der Waals surface area (Å²) < 4.78 is 49.3. The number of aliphatic hydroxyl groups is 5. The molecule has 0 aromatic carbocycles. The van der Waals surface area contributed by atoms with Gasteiger partial charge in [0, 0.05) is 12.8 Å². The van der Waals surface area contributed by atoms with Gasteiger partial charge in [0.2, 0.25) is 0 Å². The lowest BCUT2D eigenvalue weighted by atomic mass is 9.85. The third-order valence-electron chi connectivity index (χ3n) is 11.0. The van der Waals surface area contributed by atoms with Crippen molar-refractivity contribution in [1.29, 1.82) is 0 Å². The van der Waals surface area contributed by atoms with Gasteiger partial charge in [0.15, 0.2) is 6.10 Å². The maximum absolute atomic E-state index is 13.0. The quantitative estimate of drug-likeness (QED) is 0.0124. The predicted molar refractivity (Wildman–Crippen MR) is 252 cm³/mol. The number of esters is 2. The fourth-order valence-electron chi connectivity index (χ4n) is 7.21. The highest BCUT2D eigenvalue weighted by molar-refractivity contribution is 7.47. The van der Waals surface area contributed by atoms with Crippen molar-refractivity contribution in [3.63, 3.8) is 0 Å². The van der Waals surface area contributed by atoms with E-state index in [1.54, 1.807) is 0 Å². The molecule has 0 amide bonds. The number of phosphoric acid groups is 2. The SMILES string of the molecule is CCCCCCCCCCCCCCCCCC(=O)OC[C@H](COP(=O)(O)O[C@H]1C(O)C(O)C(O)[C@@H](OP(=O)(O)O)C1O)OC(=O)CCC/C=C\C/C=C\C/C=C\C/C=C\CC(O)CCC. The van der Waals surface area contributed by atoms with Gasteiger partial charge in [-0.25, -0.2) is 9.13 Å². The minimum atomic E-state index is -5.38. The van der Waals surface area contributed by atoms with Crippen LogP contribution in [0.3, 0.4) is 0 Å². The zero-order valence-electron chi connectivity index (χ0n) is 39.5. The Kier molecular flexibility index (Phi) is 35.4. The molecular formula is C47H84O17P2. The lowest BCUT2D eigenvalue weighted by Gasteiger charge is -2.43. The molecule has 0 aliphatic heterocycles. The van der Waals surface area contributed by atoms with E-state index < -0.39 is 83.5 Å². The Bertz CT molecular complexity index is 1480. The van der Waals surface area contributed by atoms with Crippen LogP contribution in [0.2, 0.25) is 0 Å². The lowest BCUT2D eigenvalue weighted by molar-refractivity contribution is -0.216. The van der Waals surface area contributed by atoms with E-state index in [2.05, 4.69) is 23.6 Å². The van der Waals surface area contributed by atoms with Crippen LogP contribution in [0.25, 0.3) is 0 Å². The van der Waals surface area contributed by atoms with Gasteiger partial charge in [0.25, 0.3) is 0 Å². The molecule has 0 aromatic rings. The first-order chi connectivity index (χ1) is 31.5. The lowest BCUT2D eigenvalue weighted by Crippen LogP contribution is -2.64. The highest BCUT2D eigenvalue weighted by Gasteiger charge is 2.54. The number of carbonyl (C=O) groups excluding carboxylic acids is 2. The molecular weight excluding hydrogens is 898 g/mol. The second kappa shape index (κ2) is 37.8. The zero-order valence-corrected chi connectivity index (χ0v) is 41.3. The van der Waals surface area contributed by atoms with Crippen molar-refractivity contribution in [3.8, 4) is 0 Å². The molecule has 1 saturated carbocycles. The fraction of sp³-hybridized carbons (Fsp3) is 0.787. The van der Waals surface area contributed by atoms with Crippen molar-refractivity contribution in [2.24, 2.45) is 0 Å².